The van der Waals surface area contributed by atoms with Crippen molar-refractivity contribution in [3.63, 3.8) is 0 Å². The molecule has 0 unspecified atom stereocenters. The number of aryl methyl sites for hydroxylation is 1. The van der Waals surface area contributed by atoms with Gasteiger partial charge in [0, 0.05) is 34.8 Å². The monoisotopic (exact) mass is 533 g/mol. The molecule has 1 amide bonds. The van der Waals surface area contributed by atoms with Crippen LogP contribution in [0.15, 0.2) is 40.4 Å². The van der Waals surface area contributed by atoms with Crippen molar-refractivity contribution >= 4 is 35.1 Å². The first-order valence-electron chi connectivity index (χ1n) is 11.8. The Hall–Kier alpha value is -3.35. The summed E-state index contributed by atoms with van der Waals surface area (Å²) < 4.78 is 53.5. The standard InChI is InChI=1S/C24H23F4N7OS/c1-13-6-19(33-32-13)29-18-8-20(35-10-23(25,11-35)15-2-3-15)31-22(30-18)37-16-4-5-17-14(7-16)9-34(21(17)36)12-24(26,27)28/h4-8,15H,2-3,9-12H2,1H3,(H2,29,30,31,32,33). The number of aromatic nitrogens is 4. The molecular weight excluding hydrogens is 510 g/mol. The Kier molecular flexibility index (Phi) is 5.58. The number of alkyl halides is 4. The molecule has 3 aromatic rings. The zero-order chi connectivity index (χ0) is 25.9. The van der Waals surface area contributed by atoms with Crippen LogP contribution in [0.4, 0.5) is 35.0 Å². The van der Waals surface area contributed by atoms with Crippen LogP contribution in [0.25, 0.3) is 0 Å². The molecule has 1 aliphatic carbocycles. The van der Waals surface area contributed by atoms with Crippen molar-refractivity contribution in [3.05, 3.63) is 47.2 Å². The maximum absolute atomic E-state index is 15.0. The summed E-state index contributed by atoms with van der Waals surface area (Å²) >= 11 is 1.22. The Labute approximate surface area is 213 Å². The van der Waals surface area contributed by atoms with E-state index in [4.69, 9.17) is 0 Å². The maximum atomic E-state index is 15.0. The van der Waals surface area contributed by atoms with Gasteiger partial charge in [-0.3, -0.25) is 9.89 Å². The second-order valence-electron chi connectivity index (χ2n) is 9.82. The number of halogens is 4. The van der Waals surface area contributed by atoms with Crippen molar-refractivity contribution in [2.75, 3.05) is 29.9 Å². The molecule has 2 aromatic heterocycles. The van der Waals surface area contributed by atoms with Crippen molar-refractivity contribution in [2.24, 2.45) is 5.92 Å². The number of nitrogens with zero attached hydrogens (tertiary/aromatic N) is 5. The van der Waals surface area contributed by atoms with Crippen molar-refractivity contribution in [2.45, 2.75) is 48.2 Å². The summed E-state index contributed by atoms with van der Waals surface area (Å²) in [4.78, 5) is 24.9. The van der Waals surface area contributed by atoms with Gasteiger partial charge in [0.1, 0.15) is 23.8 Å². The van der Waals surface area contributed by atoms with Crippen LogP contribution in [-0.2, 0) is 6.54 Å². The highest BCUT2D eigenvalue weighted by Gasteiger charge is 2.54. The first-order valence-corrected chi connectivity index (χ1v) is 12.7. The molecule has 2 N–H and O–H groups in total. The fourth-order valence-corrected chi connectivity index (χ4v) is 5.61. The van der Waals surface area contributed by atoms with Crippen LogP contribution in [-0.4, -0.2) is 62.5 Å². The number of carbonyl (C=O) groups is 1. The van der Waals surface area contributed by atoms with E-state index in [2.05, 4.69) is 25.5 Å². The number of benzene rings is 1. The Balaban J connectivity index is 1.24. The molecule has 6 rings (SSSR count). The molecule has 0 spiro atoms. The molecule has 1 saturated heterocycles. The Morgan fingerprint density at radius 1 is 1.16 bits per heavy atom. The summed E-state index contributed by atoms with van der Waals surface area (Å²) in [6.45, 7) is 1.02. The normalized spacial score (nSPS) is 18.7. The molecule has 13 heteroatoms. The van der Waals surface area contributed by atoms with Crippen LogP contribution in [0.1, 0.15) is 34.5 Å². The molecule has 3 aliphatic rings. The Morgan fingerprint density at radius 2 is 1.95 bits per heavy atom. The molecule has 1 aromatic carbocycles. The van der Waals surface area contributed by atoms with Crippen molar-refractivity contribution in [3.8, 4) is 0 Å². The molecule has 8 nitrogen and oxygen atoms in total. The lowest BCUT2D eigenvalue weighted by atomic mass is 9.91. The van der Waals surface area contributed by atoms with Gasteiger partial charge in [0.25, 0.3) is 5.91 Å². The third-order valence-corrected chi connectivity index (χ3v) is 7.58. The van der Waals surface area contributed by atoms with E-state index in [1.807, 2.05) is 17.9 Å². The zero-order valence-electron chi connectivity index (χ0n) is 19.8. The minimum Gasteiger partial charge on any atom is -0.350 e. The predicted molar refractivity (Wildman–Crippen MR) is 129 cm³/mol. The highest BCUT2D eigenvalue weighted by Crippen LogP contribution is 2.48. The van der Waals surface area contributed by atoms with Crippen molar-refractivity contribution < 1.29 is 22.4 Å². The highest BCUT2D eigenvalue weighted by molar-refractivity contribution is 7.99. The third kappa shape index (κ3) is 4.96. The first-order chi connectivity index (χ1) is 17.5. The molecular formula is C24H23F4N7OS. The van der Waals surface area contributed by atoms with Crippen LogP contribution in [0.3, 0.4) is 0 Å². The van der Waals surface area contributed by atoms with Gasteiger partial charge in [-0.15, -0.1) is 0 Å². The van der Waals surface area contributed by atoms with Gasteiger partial charge >= 0.3 is 6.18 Å². The van der Waals surface area contributed by atoms with E-state index >= 15 is 0 Å². The zero-order valence-corrected chi connectivity index (χ0v) is 20.6. The van der Waals surface area contributed by atoms with Gasteiger partial charge < -0.3 is 15.1 Å². The minimum absolute atomic E-state index is 0.109. The van der Waals surface area contributed by atoms with Gasteiger partial charge in [-0.25, -0.2) is 14.4 Å². The molecule has 2 fully saturated rings. The average molecular weight is 534 g/mol. The summed E-state index contributed by atoms with van der Waals surface area (Å²) in [6, 6.07) is 8.47. The Morgan fingerprint density at radius 3 is 2.62 bits per heavy atom. The number of rotatable bonds is 7. The van der Waals surface area contributed by atoms with Crippen molar-refractivity contribution in [1.82, 2.24) is 25.1 Å². The number of aromatic amines is 1. The molecule has 194 valence electrons. The first kappa shape index (κ1) is 24.0. The van der Waals surface area contributed by atoms with Crippen molar-refractivity contribution in [1.29, 1.82) is 0 Å². The summed E-state index contributed by atoms with van der Waals surface area (Å²) in [5, 5.41) is 10.5. The number of nitrogens with one attached hydrogen (secondary N) is 2. The van der Waals surface area contributed by atoms with E-state index in [0.29, 0.717) is 33.1 Å². The SMILES string of the molecule is Cc1cc(Nc2cc(N3CC(F)(C4CC4)C3)nc(Sc3ccc4c(c3)CN(CC(F)(F)F)C4=O)n2)n[nH]1. The molecule has 4 heterocycles. The maximum Gasteiger partial charge on any atom is 0.406 e. The second-order valence-corrected chi connectivity index (χ2v) is 10.9. The smallest absolute Gasteiger partial charge is 0.350 e. The van der Waals surface area contributed by atoms with Crippen LogP contribution in [0, 0.1) is 12.8 Å². The predicted octanol–water partition coefficient (Wildman–Crippen LogP) is 4.86. The minimum atomic E-state index is -4.46. The van der Waals surface area contributed by atoms with Crippen LogP contribution < -0.4 is 10.2 Å². The van der Waals surface area contributed by atoms with Crippen LogP contribution >= 0.6 is 11.8 Å². The largest absolute Gasteiger partial charge is 0.406 e. The number of fused-ring (bicyclic) bond motifs is 1. The fraction of sp³-hybridized carbons (Fsp3) is 0.417. The van der Waals surface area contributed by atoms with E-state index in [1.54, 1.807) is 18.2 Å². The van der Waals surface area contributed by atoms with Gasteiger partial charge in [0.2, 0.25) is 0 Å². The summed E-state index contributed by atoms with van der Waals surface area (Å²) in [5.74, 6) is 1.12. The van der Waals surface area contributed by atoms with E-state index in [1.165, 1.54) is 17.8 Å². The summed E-state index contributed by atoms with van der Waals surface area (Å²) in [6.07, 6.45) is -2.63. The van der Waals surface area contributed by atoms with E-state index in [9.17, 15) is 22.4 Å². The molecule has 1 saturated carbocycles. The van der Waals surface area contributed by atoms with E-state index in [0.717, 1.165) is 23.4 Å². The number of anilines is 3. The number of hydrogen-bond acceptors (Lipinski definition) is 7. The number of H-pyrrole nitrogens is 1. The van der Waals surface area contributed by atoms with Gasteiger partial charge in [0.15, 0.2) is 11.0 Å². The summed E-state index contributed by atoms with van der Waals surface area (Å²) in [5.41, 5.74) is 0.475. The lowest BCUT2D eigenvalue weighted by molar-refractivity contribution is -0.140. The molecule has 0 bridgehead atoms. The average Bonchev–Trinajstić information content (AvgIpc) is 3.51. The topological polar surface area (TPSA) is 90.0 Å². The fourth-order valence-electron chi connectivity index (χ4n) is 4.78. The highest BCUT2D eigenvalue weighted by atomic mass is 32.2. The van der Waals surface area contributed by atoms with Gasteiger partial charge in [-0.1, -0.05) is 0 Å². The quantitative estimate of drug-likeness (QED) is 0.331. The molecule has 2 aliphatic heterocycles. The molecule has 0 atom stereocenters. The second kappa shape index (κ2) is 8.61. The summed E-state index contributed by atoms with van der Waals surface area (Å²) in [7, 11) is 0. The number of carbonyl (C=O) groups excluding carboxylic acids is 1. The lowest BCUT2D eigenvalue weighted by Crippen LogP contribution is -2.60. The number of amides is 1. The Bertz CT molecular complexity index is 1370. The van der Waals surface area contributed by atoms with Crippen LogP contribution in [0.5, 0.6) is 0 Å². The number of hydrogen-bond donors (Lipinski definition) is 2. The van der Waals surface area contributed by atoms with Gasteiger partial charge in [0.05, 0.1) is 13.1 Å². The lowest BCUT2D eigenvalue weighted by Gasteiger charge is -2.45. The van der Waals surface area contributed by atoms with Gasteiger partial charge in [-0.05, 0) is 61.2 Å². The van der Waals surface area contributed by atoms with Gasteiger partial charge in [-0.2, -0.15) is 18.3 Å². The van der Waals surface area contributed by atoms with E-state index in [-0.39, 0.29) is 31.1 Å². The van der Waals surface area contributed by atoms with E-state index < -0.39 is 24.3 Å². The van der Waals surface area contributed by atoms with Crippen LogP contribution in [0.2, 0.25) is 0 Å². The molecule has 0 radical (unpaired) electrons. The molecule has 37 heavy (non-hydrogen) atoms. The third-order valence-electron chi connectivity index (χ3n) is 6.73.